The van der Waals surface area contributed by atoms with Crippen LogP contribution in [0.25, 0.3) is 0 Å². The molecule has 104 valence electrons. The van der Waals surface area contributed by atoms with Crippen LogP contribution in [0.2, 0.25) is 0 Å². The first kappa shape index (κ1) is 13.0. The summed E-state index contributed by atoms with van der Waals surface area (Å²) in [6.45, 7) is 0. The summed E-state index contributed by atoms with van der Waals surface area (Å²) in [5.41, 5.74) is 2.25. The number of fused-ring (bicyclic) bond motifs is 4. The van der Waals surface area contributed by atoms with Crippen LogP contribution in [-0.4, -0.2) is 55.0 Å². The zero-order chi connectivity index (χ0) is 13.8. The number of aromatic nitrogens is 1. The van der Waals surface area contributed by atoms with E-state index in [-0.39, 0.29) is 17.3 Å². The Balaban J connectivity index is 2.02. The van der Waals surface area contributed by atoms with Crippen LogP contribution in [0, 0.1) is 0 Å². The Kier molecular flexibility index (Phi) is 2.92. The van der Waals surface area contributed by atoms with Crippen molar-refractivity contribution in [1.29, 1.82) is 0 Å². The molecule has 3 unspecified atom stereocenters. The zero-order valence-corrected chi connectivity index (χ0v) is 12.3. The van der Waals surface area contributed by atoms with Crippen LogP contribution in [0.1, 0.15) is 23.7 Å². The molecule has 5 nitrogen and oxygen atoms in total. The van der Waals surface area contributed by atoms with Crippen LogP contribution in [0.15, 0.2) is 18.3 Å². The normalized spacial score (nSPS) is 30.6. The van der Waals surface area contributed by atoms with Crippen molar-refractivity contribution in [1.82, 2.24) is 14.2 Å². The van der Waals surface area contributed by atoms with Crippen LogP contribution in [0.5, 0.6) is 0 Å². The Hall–Kier alpha value is -0.980. The van der Waals surface area contributed by atoms with E-state index in [1.807, 2.05) is 13.1 Å². The number of nitrogens with zero attached hydrogens (tertiary/aromatic N) is 3. The maximum Gasteiger partial charge on any atom is 0.218 e. The Bertz CT molecular complexity index is 600. The molecule has 19 heavy (non-hydrogen) atoms. The SMILES string of the molecule is CN1C2CC(S(=O)(=O)N(C)C)C1Cc1cccnc12. The fraction of sp³-hybridized carbons (Fsp3) is 0.615. The smallest absolute Gasteiger partial charge is 0.218 e. The van der Waals surface area contributed by atoms with Gasteiger partial charge >= 0.3 is 0 Å². The molecular weight excluding hydrogens is 262 g/mol. The first-order valence-electron chi connectivity index (χ1n) is 6.50. The van der Waals surface area contributed by atoms with Crippen molar-refractivity contribution in [2.45, 2.75) is 30.2 Å². The molecule has 0 radical (unpaired) electrons. The summed E-state index contributed by atoms with van der Waals surface area (Å²) >= 11 is 0. The van der Waals surface area contributed by atoms with Crippen LogP contribution >= 0.6 is 0 Å². The van der Waals surface area contributed by atoms with Crippen molar-refractivity contribution in [3.8, 4) is 0 Å². The second-order valence-electron chi connectivity index (χ2n) is 5.60. The minimum absolute atomic E-state index is 0.0640. The average Bonchev–Trinajstić information content (AvgIpc) is 2.59. The van der Waals surface area contributed by atoms with Gasteiger partial charge in [-0.25, -0.2) is 12.7 Å². The molecule has 1 aromatic heterocycles. The van der Waals surface area contributed by atoms with Gasteiger partial charge < -0.3 is 0 Å². The summed E-state index contributed by atoms with van der Waals surface area (Å²) in [4.78, 5) is 6.64. The Morgan fingerprint density at radius 3 is 2.84 bits per heavy atom. The number of rotatable bonds is 2. The third-order valence-corrected chi connectivity index (χ3v) is 6.75. The quantitative estimate of drug-likeness (QED) is 0.798. The highest BCUT2D eigenvalue weighted by atomic mass is 32.2. The molecule has 0 aliphatic carbocycles. The van der Waals surface area contributed by atoms with Crippen molar-refractivity contribution in [2.24, 2.45) is 0 Å². The summed E-state index contributed by atoms with van der Waals surface area (Å²) in [7, 11) is 2.02. The monoisotopic (exact) mass is 281 g/mol. The van der Waals surface area contributed by atoms with Crippen LogP contribution in [0.4, 0.5) is 0 Å². The molecule has 6 heteroatoms. The van der Waals surface area contributed by atoms with Crippen molar-refractivity contribution >= 4 is 10.0 Å². The Labute approximate surface area is 114 Å². The maximum atomic E-state index is 12.5. The summed E-state index contributed by atoms with van der Waals surface area (Å²) in [6, 6.07) is 4.20. The van der Waals surface area contributed by atoms with E-state index in [1.165, 1.54) is 9.87 Å². The predicted octanol–water partition coefficient (Wildman–Crippen LogP) is 0.643. The van der Waals surface area contributed by atoms with Gasteiger partial charge in [-0.1, -0.05) is 6.07 Å². The summed E-state index contributed by atoms with van der Waals surface area (Å²) < 4.78 is 26.3. The summed E-state index contributed by atoms with van der Waals surface area (Å²) in [5.74, 6) is 0. The van der Waals surface area contributed by atoms with E-state index in [1.54, 1.807) is 20.3 Å². The van der Waals surface area contributed by atoms with Gasteiger partial charge in [0.15, 0.2) is 0 Å². The Morgan fingerprint density at radius 1 is 1.42 bits per heavy atom. The average molecular weight is 281 g/mol. The second kappa shape index (κ2) is 4.26. The lowest BCUT2D eigenvalue weighted by Gasteiger charge is -2.33. The van der Waals surface area contributed by atoms with E-state index in [9.17, 15) is 8.42 Å². The molecule has 0 amide bonds. The highest BCUT2D eigenvalue weighted by molar-refractivity contribution is 7.89. The minimum atomic E-state index is -3.22. The summed E-state index contributed by atoms with van der Waals surface area (Å²) in [5, 5.41) is -0.327. The molecule has 2 bridgehead atoms. The lowest BCUT2D eigenvalue weighted by atomic mass is 9.99. The maximum absolute atomic E-state index is 12.5. The first-order valence-corrected chi connectivity index (χ1v) is 8.00. The Morgan fingerprint density at radius 2 is 2.16 bits per heavy atom. The zero-order valence-electron chi connectivity index (χ0n) is 11.4. The number of sulfonamides is 1. The molecule has 3 heterocycles. The fourth-order valence-corrected chi connectivity index (χ4v) is 5.01. The molecule has 3 rings (SSSR count). The van der Waals surface area contributed by atoms with Crippen molar-refractivity contribution in [2.75, 3.05) is 21.1 Å². The molecule has 0 aromatic carbocycles. The van der Waals surface area contributed by atoms with Crippen molar-refractivity contribution < 1.29 is 8.42 Å². The third-order valence-electron chi connectivity index (χ3n) is 4.46. The van der Waals surface area contributed by atoms with Gasteiger partial charge in [0.05, 0.1) is 17.0 Å². The topological polar surface area (TPSA) is 53.5 Å². The van der Waals surface area contributed by atoms with Gasteiger partial charge in [-0.05, 0) is 31.5 Å². The molecule has 0 spiro atoms. The molecule has 2 aliphatic rings. The molecular formula is C13H19N3O2S. The van der Waals surface area contributed by atoms with E-state index in [0.29, 0.717) is 6.42 Å². The van der Waals surface area contributed by atoms with Gasteiger partial charge in [0.1, 0.15) is 0 Å². The fourth-order valence-electron chi connectivity index (χ4n) is 3.36. The van der Waals surface area contributed by atoms with Crippen molar-refractivity contribution in [3.63, 3.8) is 0 Å². The van der Waals surface area contributed by atoms with Gasteiger partial charge in [0, 0.05) is 26.3 Å². The van der Waals surface area contributed by atoms with E-state index in [4.69, 9.17) is 0 Å². The van der Waals surface area contributed by atoms with Crippen LogP contribution < -0.4 is 0 Å². The van der Waals surface area contributed by atoms with E-state index >= 15 is 0 Å². The highest BCUT2D eigenvalue weighted by Crippen LogP contribution is 2.44. The van der Waals surface area contributed by atoms with Gasteiger partial charge in [-0.15, -0.1) is 0 Å². The molecule has 2 aliphatic heterocycles. The third kappa shape index (κ3) is 1.81. The second-order valence-corrected chi connectivity index (χ2v) is 7.97. The molecule has 3 atom stereocenters. The lowest BCUT2D eigenvalue weighted by molar-refractivity contribution is 0.220. The molecule has 1 saturated heterocycles. The number of likely N-dealkylation sites (N-methyl/N-ethyl adjacent to an activating group) is 1. The highest BCUT2D eigenvalue weighted by Gasteiger charge is 2.50. The molecule has 1 fully saturated rings. The van der Waals surface area contributed by atoms with Gasteiger partial charge in [0.2, 0.25) is 10.0 Å². The standard InChI is InChI=1S/C13H19N3O2S/c1-15(2)19(17,18)12-8-11-13-9(5-4-6-14-13)7-10(12)16(11)3/h4-6,10-12H,7-8H2,1-3H3. The van der Waals surface area contributed by atoms with Gasteiger partial charge in [-0.3, -0.25) is 9.88 Å². The van der Waals surface area contributed by atoms with Gasteiger partial charge in [-0.2, -0.15) is 0 Å². The van der Waals surface area contributed by atoms with Gasteiger partial charge in [0.25, 0.3) is 0 Å². The summed E-state index contributed by atoms with van der Waals surface area (Å²) in [6.07, 6.45) is 3.21. The largest absolute Gasteiger partial charge is 0.293 e. The lowest BCUT2D eigenvalue weighted by Crippen LogP contribution is -2.44. The molecule has 0 N–H and O–H groups in total. The predicted molar refractivity (Wildman–Crippen MR) is 73.2 cm³/mol. The van der Waals surface area contributed by atoms with Crippen molar-refractivity contribution in [3.05, 3.63) is 29.6 Å². The van der Waals surface area contributed by atoms with E-state index < -0.39 is 10.0 Å². The van der Waals surface area contributed by atoms with E-state index in [0.717, 1.165) is 12.1 Å². The number of hydrogen-bond acceptors (Lipinski definition) is 4. The number of pyridine rings is 1. The molecule has 0 saturated carbocycles. The van der Waals surface area contributed by atoms with E-state index in [2.05, 4.69) is 16.0 Å². The number of hydrogen-bond donors (Lipinski definition) is 0. The van der Waals surface area contributed by atoms with Crippen LogP contribution in [-0.2, 0) is 16.4 Å². The first-order chi connectivity index (χ1) is 8.93. The molecule has 1 aromatic rings. The van der Waals surface area contributed by atoms with Crippen LogP contribution in [0.3, 0.4) is 0 Å². The minimum Gasteiger partial charge on any atom is -0.293 e.